The Balaban J connectivity index is 2.07. The van der Waals surface area contributed by atoms with Crippen LogP contribution in [0.4, 0.5) is 5.69 Å². The summed E-state index contributed by atoms with van der Waals surface area (Å²) in [5, 5.41) is 2.66. The summed E-state index contributed by atoms with van der Waals surface area (Å²) in [5.41, 5.74) is 2.67. The zero-order chi connectivity index (χ0) is 15.9. The minimum absolute atomic E-state index is 0.396. The van der Waals surface area contributed by atoms with E-state index in [-0.39, 0.29) is 0 Å². The lowest BCUT2D eigenvalue weighted by Crippen LogP contribution is -2.08. The molecule has 112 valence electrons. The van der Waals surface area contributed by atoms with Crippen LogP contribution >= 0.6 is 12.6 Å². The second-order valence-electron chi connectivity index (χ2n) is 4.44. The molecule has 2 aromatic rings. The molecule has 0 aromatic heterocycles. The highest BCUT2D eigenvalue weighted by molar-refractivity contribution is 7.80. The molecular weight excluding hydrogens is 298 g/mol. The molecule has 2 rings (SSSR count). The first-order valence-corrected chi connectivity index (χ1v) is 7.00. The number of benzene rings is 2. The van der Waals surface area contributed by atoms with Crippen LogP contribution in [0.2, 0.25) is 0 Å². The van der Waals surface area contributed by atoms with Crippen LogP contribution in [-0.2, 0) is 14.3 Å². The van der Waals surface area contributed by atoms with Gasteiger partial charge in [0.15, 0.2) is 0 Å². The third-order valence-electron chi connectivity index (χ3n) is 2.94. The third-order valence-corrected chi connectivity index (χ3v) is 3.33. The summed E-state index contributed by atoms with van der Waals surface area (Å²) < 4.78 is 4.41. The van der Waals surface area contributed by atoms with Crippen LogP contribution in [0, 0.1) is 0 Å². The number of amides is 1. The largest absolute Gasteiger partial charge is 0.466 e. The van der Waals surface area contributed by atoms with Crippen molar-refractivity contribution in [1.29, 1.82) is 0 Å². The lowest BCUT2D eigenvalue weighted by Gasteiger charge is -2.07. The molecule has 4 nitrogen and oxygen atoms in total. The van der Waals surface area contributed by atoms with Crippen LogP contribution in [-0.4, -0.2) is 19.0 Å². The van der Waals surface area contributed by atoms with E-state index in [0.29, 0.717) is 5.69 Å². The van der Waals surface area contributed by atoms with Gasteiger partial charge < -0.3 is 10.1 Å². The van der Waals surface area contributed by atoms with Gasteiger partial charge in [-0.2, -0.15) is 0 Å². The van der Waals surface area contributed by atoms with Crippen LogP contribution in [0.15, 0.2) is 65.6 Å². The van der Waals surface area contributed by atoms with E-state index < -0.39 is 11.9 Å². The first kappa shape index (κ1) is 15.9. The van der Waals surface area contributed by atoms with Crippen LogP contribution in [0.25, 0.3) is 11.1 Å². The number of methoxy groups -OCH3 is 1. The highest BCUT2D eigenvalue weighted by Crippen LogP contribution is 2.27. The van der Waals surface area contributed by atoms with Gasteiger partial charge in [0.05, 0.1) is 7.11 Å². The van der Waals surface area contributed by atoms with Crippen molar-refractivity contribution in [2.24, 2.45) is 0 Å². The first-order chi connectivity index (χ1) is 10.6. The maximum atomic E-state index is 11.6. The monoisotopic (exact) mass is 313 g/mol. The normalized spacial score (nSPS) is 10.5. The number of anilines is 1. The summed E-state index contributed by atoms with van der Waals surface area (Å²) in [6.45, 7) is 0. The van der Waals surface area contributed by atoms with E-state index in [4.69, 9.17) is 0 Å². The quantitative estimate of drug-likeness (QED) is 0.517. The summed E-state index contributed by atoms with van der Waals surface area (Å²) in [6, 6.07) is 15.2. The molecule has 0 saturated heterocycles. The van der Waals surface area contributed by atoms with Crippen molar-refractivity contribution in [2.75, 3.05) is 12.4 Å². The molecule has 0 fully saturated rings. The average molecular weight is 313 g/mol. The molecule has 0 aliphatic heterocycles. The highest BCUT2D eigenvalue weighted by Gasteiger charge is 2.03. The molecule has 5 heteroatoms. The van der Waals surface area contributed by atoms with Gasteiger partial charge in [0.2, 0.25) is 5.91 Å². The Labute approximate surface area is 134 Å². The Hall–Kier alpha value is -2.53. The molecule has 0 saturated carbocycles. The van der Waals surface area contributed by atoms with Gasteiger partial charge in [0.25, 0.3) is 0 Å². The van der Waals surface area contributed by atoms with Crippen molar-refractivity contribution in [3.05, 3.63) is 60.7 Å². The topological polar surface area (TPSA) is 55.4 Å². The minimum Gasteiger partial charge on any atom is -0.466 e. The van der Waals surface area contributed by atoms with Crippen molar-refractivity contribution in [2.45, 2.75) is 4.90 Å². The van der Waals surface area contributed by atoms with Gasteiger partial charge in [0.1, 0.15) is 0 Å². The summed E-state index contributed by atoms with van der Waals surface area (Å²) in [5.74, 6) is -0.969. The standard InChI is InChI=1S/C17H15NO3S/c1-21-17(20)11-10-16(19)18-13-8-6-12(7-9-13)14-4-2-3-5-15(14)22/h2-11,22H,1H3,(H,18,19)/b11-10-. The zero-order valence-corrected chi connectivity index (χ0v) is 12.8. The Morgan fingerprint density at radius 3 is 2.36 bits per heavy atom. The smallest absolute Gasteiger partial charge is 0.330 e. The average Bonchev–Trinajstić information content (AvgIpc) is 2.54. The van der Waals surface area contributed by atoms with Gasteiger partial charge in [-0.25, -0.2) is 4.79 Å². The van der Waals surface area contributed by atoms with Crippen molar-refractivity contribution in [1.82, 2.24) is 0 Å². The molecule has 1 N–H and O–H groups in total. The maximum absolute atomic E-state index is 11.6. The summed E-state index contributed by atoms with van der Waals surface area (Å²) in [6.07, 6.45) is 2.20. The lowest BCUT2D eigenvalue weighted by molar-refractivity contribution is -0.135. The number of hydrogen-bond acceptors (Lipinski definition) is 4. The van der Waals surface area contributed by atoms with E-state index in [0.717, 1.165) is 28.2 Å². The van der Waals surface area contributed by atoms with Gasteiger partial charge in [-0.15, -0.1) is 12.6 Å². The zero-order valence-electron chi connectivity index (χ0n) is 11.9. The predicted molar refractivity (Wildman–Crippen MR) is 88.9 cm³/mol. The number of carbonyl (C=O) groups is 2. The molecular formula is C17H15NO3S. The van der Waals surface area contributed by atoms with Gasteiger partial charge in [-0.1, -0.05) is 30.3 Å². The van der Waals surface area contributed by atoms with Crippen LogP contribution in [0.3, 0.4) is 0 Å². The van der Waals surface area contributed by atoms with Crippen molar-refractivity contribution >= 4 is 30.2 Å². The third kappa shape index (κ3) is 4.23. The van der Waals surface area contributed by atoms with E-state index in [1.807, 2.05) is 36.4 Å². The fourth-order valence-corrected chi connectivity index (χ4v) is 2.14. The molecule has 0 spiro atoms. The number of carbonyl (C=O) groups excluding carboxylic acids is 2. The fraction of sp³-hybridized carbons (Fsp3) is 0.0588. The number of nitrogens with one attached hydrogen (secondary N) is 1. The number of ether oxygens (including phenoxy) is 1. The summed E-state index contributed by atoms with van der Waals surface area (Å²) in [4.78, 5) is 23.4. The predicted octanol–water partition coefficient (Wildman–Crippen LogP) is 3.31. The van der Waals surface area contributed by atoms with E-state index in [9.17, 15) is 9.59 Å². The number of thiol groups is 1. The van der Waals surface area contributed by atoms with Crippen molar-refractivity contribution in [3.8, 4) is 11.1 Å². The van der Waals surface area contributed by atoms with Crippen LogP contribution < -0.4 is 5.32 Å². The molecule has 0 radical (unpaired) electrons. The van der Waals surface area contributed by atoms with E-state index in [1.165, 1.54) is 7.11 Å². The summed E-state index contributed by atoms with van der Waals surface area (Å²) >= 11 is 4.42. The highest BCUT2D eigenvalue weighted by atomic mass is 32.1. The SMILES string of the molecule is COC(=O)/C=C\C(=O)Nc1ccc(-c2ccccc2S)cc1. The van der Waals surface area contributed by atoms with Gasteiger partial charge in [-0.3, -0.25) is 4.79 Å². The van der Waals surface area contributed by atoms with Crippen molar-refractivity contribution in [3.63, 3.8) is 0 Å². The fourth-order valence-electron chi connectivity index (χ4n) is 1.85. The second kappa shape index (κ2) is 7.47. The molecule has 0 aliphatic carbocycles. The Kier molecular flexibility index (Phi) is 5.38. The van der Waals surface area contributed by atoms with E-state index in [2.05, 4.69) is 22.7 Å². The van der Waals surface area contributed by atoms with Gasteiger partial charge in [0, 0.05) is 22.7 Å². The number of rotatable bonds is 4. The summed E-state index contributed by atoms with van der Waals surface area (Å²) in [7, 11) is 1.25. The molecule has 0 bridgehead atoms. The Morgan fingerprint density at radius 1 is 1.05 bits per heavy atom. The molecule has 0 unspecified atom stereocenters. The molecule has 0 atom stereocenters. The lowest BCUT2D eigenvalue weighted by atomic mass is 10.1. The molecule has 2 aromatic carbocycles. The molecule has 22 heavy (non-hydrogen) atoms. The molecule has 0 aliphatic rings. The van der Waals surface area contributed by atoms with Crippen LogP contribution in [0.1, 0.15) is 0 Å². The first-order valence-electron chi connectivity index (χ1n) is 6.55. The minimum atomic E-state index is -0.573. The van der Waals surface area contributed by atoms with E-state index >= 15 is 0 Å². The second-order valence-corrected chi connectivity index (χ2v) is 4.92. The van der Waals surface area contributed by atoms with Gasteiger partial charge in [-0.05, 0) is 29.3 Å². The number of hydrogen-bond donors (Lipinski definition) is 2. The number of esters is 1. The van der Waals surface area contributed by atoms with E-state index in [1.54, 1.807) is 12.1 Å². The Morgan fingerprint density at radius 2 is 1.73 bits per heavy atom. The Bertz CT molecular complexity index is 708. The van der Waals surface area contributed by atoms with Crippen LogP contribution in [0.5, 0.6) is 0 Å². The molecule has 0 heterocycles. The molecule has 1 amide bonds. The van der Waals surface area contributed by atoms with Gasteiger partial charge >= 0.3 is 5.97 Å². The van der Waals surface area contributed by atoms with Crippen molar-refractivity contribution < 1.29 is 14.3 Å². The maximum Gasteiger partial charge on any atom is 0.330 e.